The normalized spacial score (nSPS) is 21.7. The van der Waals surface area contributed by atoms with Crippen molar-refractivity contribution in [1.29, 1.82) is 0 Å². The smallest absolute Gasteiger partial charge is 0.0340 e. The van der Waals surface area contributed by atoms with Crippen molar-refractivity contribution >= 4 is 0 Å². The van der Waals surface area contributed by atoms with Crippen molar-refractivity contribution in [1.82, 2.24) is 0 Å². The standard InChI is InChI=1S/C14H23/c1-2-4-6-8-10-12-14-13-11-9-7-5-3-1/h1H,2,4,6-14H2. The molecule has 0 aromatic carbocycles. The Morgan fingerprint density at radius 1 is 0.643 bits per heavy atom. The SMILES string of the molecule is C1#CCCCCCCCCCCC[CH]1. The zero-order valence-corrected chi connectivity index (χ0v) is 9.36. The van der Waals surface area contributed by atoms with Gasteiger partial charge in [-0.25, -0.2) is 0 Å². The van der Waals surface area contributed by atoms with Gasteiger partial charge in [-0.05, 0) is 12.8 Å². The van der Waals surface area contributed by atoms with Gasteiger partial charge in [0.15, 0.2) is 0 Å². The second-order valence-corrected chi connectivity index (χ2v) is 4.25. The Balaban J connectivity index is 2.12. The molecule has 1 aliphatic carbocycles. The van der Waals surface area contributed by atoms with E-state index in [1.807, 2.05) is 0 Å². The molecule has 14 heavy (non-hydrogen) atoms. The molecular formula is C14H23. The zero-order valence-electron chi connectivity index (χ0n) is 9.36. The minimum atomic E-state index is 1.11. The first-order valence-corrected chi connectivity index (χ1v) is 6.30. The van der Waals surface area contributed by atoms with Crippen LogP contribution >= 0.6 is 0 Å². The summed E-state index contributed by atoms with van der Waals surface area (Å²) in [6.07, 6.45) is 17.1. The first-order chi connectivity index (χ1) is 7.00. The molecule has 1 aliphatic rings. The van der Waals surface area contributed by atoms with Crippen molar-refractivity contribution in [2.45, 2.75) is 70.6 Å². The molecule has 0 unspecified atom stereocenters. The highest BCUT2D eigenvalue weighted by atomic mass is 14.0. The Bertz CT molecular complexity index is 152. The van der Waals surface area contributed by atoms with Gasteiger partial charge in [0.2, 0.25) is 0 Å². The summed E-state index contributed by atoms with van der Waals surface area (Å²) in [5.41, 5.74) is 0. The van der Waals surface area contributed by atoms with E-state index in [9.17, 15) is 0 Å². The Kier molecular flexibility index (Phi) is 7.59. The highest BCUT2D eigenvalue weighted by Crippen LogP contribution is 2.12. The summed E-state index contributed by atoms with van der Waals surface area (Å²) in [4.78, 5) is 0. The van der Waals surface area contributed by atoms with Crippen LogP contribution in [0.2, 0.25) is 0 Å². The molecule has 0 heterocycles. The maximum atomic E-state index is 3.23. The molecule has 0 aliphatic heterocycles. The predicted molar refractivity (Wildman–Crippen MR) is 62.9 cm³/mol. The van der Waals surface area contributed by atoms with Crippen LogP contribution < -0.4 is 0 Å². The highest BCUT2D eigenvalue weighted by Gasteiger charge is 1.93. The van der Waals surface area contributed by atoms with Gasteiger partial charge < -0.3 is 0 Å². The molecule has 0 heteroatoms. The topological polar surface area (TPSA) is 0 Å². The average Bonchev–Trinajstić information content (AvgIpc) is 2.22. The van der Waals surface area contributed by atoms with E-state index in [4.69, 9.17) is 0 Å². The average molecular weight is 191 g/mol. The highest BCUT2D eigenvalue weighted by molar-refractivity contribution is 5.09. The van der Waals surface area contributed by atoms with Gasteiger partial charge in [-0.15, -0.1) is 5.92 Å². The quantitative estimate of drug-likeness (QED) is 0.495. The molecule has 0 saturated heterocycles. The van der Waals surface area contributed by atoms with Crippen LogP contribution in [0.3, 0.4) is 0 Å². The van der Waals surface area contributed by atoms with Crippen molar-refractivity contribution in [3.05, 3.63) is 6.42 Å². The van der Waals surface area contributed by atoms with Crippen LogP contribution in [0.25, 0.3) is 0 Å². The fraction of sp³-hybridized carbons (Fsp3) is 0.786. The number of rotatable bonds is 0. The third-order valence-electron chi connectivity index (χ3n) is 2.85. The van der Waals surface area contributed by atoms with Crippen LogP contribution in [0, 0.1) is 18.3 Å². The molecule has 0 atom stereocenters. The van der Waals surface area contributed by atoms with Gasteiger partial charge in [-0.1, -0.05) is 57.3 Å². The summed E-state index contributed by atoms with van der Waals surface area (Å²) in [5.74, 6) is 6.40. The second-order valence-electron chi connectivity index (χ2n) is 4.25. The summed E-state index contributed by atoms with van der Waals surface area (Å²) in [7, 11) is 0. The van der Waals surface area contributed by atoms with Crippen LogP contribution in [0.15, 0.2) is 0 Å². The molecule has 0 saturated carbocycles. The summed E-state index contributed by atoms with van der Waals surface area (Å²) in [6, 6.07) is 0. The van der Waals surface area contributed by atoms with Crippen molar-refractivity contribution in [3.63, 3.8) is 0 Å². The van der Waals surface area contributed by atoms with Gasteiger partial charge in [0.1, 0.15) is 0 Å². The van der Waals surface area contributed by atoms with Crippen LogP contribution in [-0.2, 0) is 0 Å². The van der Waals surface area contributed by atoms with Crippen molar-refractivity contribution in [2.75, 3.05) is 0 Å². The molecule has 0 bridgehead atoms. The van der Waals surface area contributed by atoms with Crippen molar-refractivity contribution in [2.24, 2.45) is 0 Å². The minimum Gasteiger partial charge on any atom is -0.103 e. The Labute approximate surface area is 89.5 Å². The van der Waals surface area contributed by atoms with E-state index in [-0.39, 0.29) is 0 Å². The molecule has 0 aromatic rings. The monoisotopic (exact) mass is 191 g/mol. The molecular weight excluding hydrogens is 168 g/mol. The summed E-state index contributed by atoms with van der Waals surface area (Å²) >= 11 is 0. The van der Waals surface area contributed by atoms with Gasteiger partial charge >= 0.3 is 0 Å². The molecule has 0 aromatic heterocycles. The van der Waals surface area contributed by atoms with Gasteiger partial charge in [-0.3, -0.25) is 0 Å². The molecule has 0 nitrogen and oxygen atoms in total. The van der Waals surface area contributed by atoms with Crippen LogP contribution in [-0.4, -0.2) is 0 Å². The summed E-state index contributed by atoms with van der Waals surface area (Å²) in [6.45, 7) is 0. The Morgan fingerprint density at radius 2 is 1.21 bits per heavy atom. The van der Waals surface area contributed by atoms with Crippen LogP contribution in [0.1, 0.15) is 70.6 Å². The van der Waals surface area contributed by atoms with E-state index in [1.54, 1.807) is 0 Å². The van der Waals surface area contributed by atoms with E-state index in [0.717, 1.165) is 6.42 Å². The first kappa shape index (κ1) is 11.6. The van der Waals surface area contributed by atoms with E-state index in [2.05, 4.69) is 18.3 Å². The molecule has 0 fully saturated rings. The summed E-state index contributed by atoms with van der Waals surface area (Å²) in [5, 5.41) is 0. The van der Waals surface area contributed by atoms with Crippen molar-refractivity contribution < 1.29 is 0 Å². The van der Waals surface area contributed by atoms with Crippen LogP contribution in [0.5, 0.6) is 0 Å². The number of hydrogen-bond donors (Lipinski definition) is 0. The fourth-order valence-corrected chi connectivity index (χ4v) is 1.91. The first-order valence-electron chi connectivity index (χ1n) is 6.30. The Morgan fingerprint density at radius 3 is 1.93 bits per heavy atom. The van der Waals surface area contributed by atoms with Gasteiger partial charge in [0, 0.05) is 12.8 Å². The maximum Gasteiger partial charge on any atom is 0.0340 e. The molecule has 1 radical (unpaired) electrons. The van der Waals surface area contributed by atoms with E-state index in [0.29, 0.717) is 0 Å². The van der Waals surface area contributed by atoms with Gasteiger partial charge in [0.25, 0.3) is 0 Å². The number of hydrogen-bond acceptors (Lipinski definition) is 0. The van der Waals surface area contributed by atoms with E-state index >= 15 is 0 Å². The lowest BCUT2D eigenvalue weighted by Crippen LogP contribution is -1.83. The lowest BCUT2D eigenvalue weighted by Gasteiger charge is -2.02. The summed E-state index contributed by atoms with van der Waals surface area (Å²) < 4.78 is 0. The second kappa shape index (κ2) is 9.13. The minimum absolute atomic E-state index is 1.11. The molecule has 1 rings (SSSR count). The van der Waals surface area contributed by atoms with E-state index < -0.39 is 0 Å². The Hall–Kier alpha value is -0.440. The molecule has 79 valence electrons. The van der Waals surface area contributed by atoms with Crippen LogP contribution in [0.4, 0.5) is 0 Å². The lowest BCUT2D eigenvalue weighted by atomic mass is 10.0. The van der Waals surface area contributed by atoms with Gasteiger partial charge in [-0.2, -0.15) is 0 Å². The maximum absolute atomic E-state index is 3.23. The lowest BCUT2D eigenvalue weighted by molar-refractivity contribution is 0.560. The zero-order chi connectivity index (χ0) is 9.90. The van der Waals surface area contributed by atoms with E-state index in [1.165, 1.54) is 64.2 Å². The largest absolute Gasteiger partial charge is 0.103 e. The fourth-order valence-electron chi connectivity index (χ4n) is 1.91. The van der Waals surface area contributed by atoms with Crippen molar-refractivity contribution in [3.8, 4) is 11.8 Å². The molecule has 0 amide bonds. The third kappa shape index (κ3) is 7.01. The molecule has 0 N–H and O–H groups in total. The predicted octanol–water partition coefficient (Wildman–Crippen LogP) is 4.50. The van der Waals surface area contributed by atoms with Gasteiger partial charge in [0.05, 0.1) is 0 Å². The third-order valence-corrected chi connectivity index (χ3v) is 2.85. The molecule has 0 spiro atoms.